The maximum absolute atomic E-state index is 12.0. The summed E-state index contributed by atoms with van der Waals surface area (Å²) in [5.74, 6) is 0.481. The molecular formula is C14H14O3. The Morgan fingerprint density at radius 3 is 3.00 bits per heavy atom. The molecule has 0 aliphatic carbocycles. The monoisotopic (exact) mass is 230 g/mol. The van der Waals surface area contributed by atoms with Crippen molar-refractivity contribution in [2.24, 2.45) is 0 Å². The van der Waals surface area contributed by atoms with Crippen LogP contribution >= 0.6 is 0 Å². The number of carbonyl (C=O) groups excluding carboxylic acids is 1. The third-order valence-electron chi connectivity index (χ3n) is 3.14. The maximum atomic E-state index is 12.0. The normalized spacial score (nSPS) is 19.9. The Balaban J connectivity index is 1.80. The summed E-state index contributed by atoms with van der Waals surface area (Å²) in [5.41, 5.74) is 0.767. The van der Waals surface area contributed by atoms with Gasteiger partial charge in [-0.25, -0.2) is 0 Å². The van der Waals surface area contributed by atoms with E-state index in [0.29, 0.717) is 12.2 Å². The van der Waals surface area contributed by atoms with Gasteiger partial charge in [-0.3, -0.25) is 4.79 Å². The summed E-state index contributed by atoms with van der Waals surface area (Å²) in [6.07, 6.45) is 2.54. The molecule has 88 valence electrons. The predicted molar refractivity (Wildman–Crippen MR) is 64.1 cm³/mol. The van der Waals surface area contributed by atoms with Crippen LogP contribution in [0.2, 0.25) is 0 Å². The van der Waals surface area contributed by atoms with Gasteiger partial charge in [-0.1, -0.05) is 18.2 Å². The van der Waals surface area contributed by atoms with Gasteiger partial charge in [0.15, 0.2) is 5.76 Å². The minimum absolute atomic E-state index is 0.0353. The fourth-order valence-electron chi connectivity index (χ4n) is 2.23. The summed E-state index contributed by atoms with van der Waals surface area (Å²) >= 11 is 0. The third kappa shape index (κ3) is 2.11. The van der Waals surface area contributed by atoms with Crippen LogP contribution in [0.15, 0.2) is 34.7 Å². The van der Waals surface area contributed by atoms with Gasteiger partial charge < -0.3 is 9.15 Å². The number of ketones is 1. The lowest BCUT2D eigenvalue weighted by Gasteiger charge is -2.05. The average Bonchev–Trinajstić information content (AvgIpc) is 2.96. The second-order valence-corrected chi connectivity index (χ2v) is 4.41. The molecule has 0 saturated carbocycles. The molecule has 1 fully saturated rings. The zero-order chi connectivity index (χ0) is 11.7. The van der Waals surface area contributed by atoms with Crippen molar-refractivity contribution in [1.29, 1.82) is 0 Å². The number of rotatable bonds is 3. The SMILES string of the molecule is O=C(CC1CCCO1)c1cc2ccccc2o1. The highest BCUT2D eigenvalue weighted by molar-refractivity contribution is 5.97. The van der Waals surface area contributed by atoms with Gasteiger partial charge in [-0.15, -0.1) is 0 Å². The quantitative estimate of drug-likeness (QED) is 0.760. The largest absolute Gasteiger partial charge is 0.453 e. The molecular weight excluding hydrogens is 216 g/mol. The number of ether oxygens (including phenoxy) is 1. The van der Waals surface area contributed by atoms with Crippen LogP contribution in [0, 0.1) is 0 Å². The van der Waals surface area contributed by atoms with E-state index >= 15 is 0 Å². The topological polar surface area (TPSA) is 39.4 Å². The van der Waals surface area contributed by atoms with Crippen molar-refractivity contribution >= 4 is 16.8 Å². The number of carbonyl (C=O) groups is 1. The van der Waals surface area contributed by atoms with Gasteiger partial charge >= 0.3 is 0 Å². The number of hydrogen-bond donors (Lipinski definition) is 0. The van der Waals surface area contributed by atoms with Gasteiger partial charge in [-0.2, -0.15) is 0 Å². The van der Waals surface area contributed by atoms with Crippen LogP contribution in [-0.4, -0.2) is 18.5 Å². The fraction of sp³-hybridized carbons (Fsp3) is 0.357. The second-order valence-electron chi connectivity index (χ2n) is 4.41. The predicted octanol–water partition coefficient (Wildman–Crippen LogP) is 3.18. The molecule has 1 aromatic heterocycles. The molecule has 0 N–H and O–H groups in total. The average molecular weight is 230 g/mol. The number of fused-ring (bicyclic) bond motifs is 1. The number of para-hydroxylation sites is 1. The van der Waals surface area contributed by atoms with Gasteiger partial charge in [0.1, 0.15) is 5.58 Å². The van der Waals surface area contributed by atoms with E-state index in [1.54, 1.807) is 0 Å². The van der Waals surface area contributed by atoms with E-state index in [1.165, 1.54) is 0 Å². The van der Waals surface area contributed by atoms with Gasteiger partial charge in [0, 0.05) is 18.4 Å². The number of hydrogen-bond acceptors (Lipinski definition) is 3. The first-order valence-electron chi connectivity index (χ1n) is 5.96. The Labute approximate surface area is 99.4 Å². The number of furan rings is 1. The molecule has 3 nitrogen and oxygen atoms in total. The molecule has 3 heteroatoms. The molecule has 1 aliphatic rings. The van der Waals surface area contributed by atoms with Crippen molar-refractivity contribution in [1.82, 2.24) is 0 Å². The zero-order valence-electron chi connectivity index (χ0n) is 9.52. The van der Waals surface area contributed by atoms with Crippen LogP contribution in [0.3, 0.4) is 0 Å². The van der Waals surface area contributed by atoms with Crippen molar-refractivity contribution in [3.63, 3.8) is 0 Å². The van der Waals surface area contributed by atoms with Crippen LogP contribution in [0.25, 0.3) is 11.0 Å². The second kappa shape index (κ2) is 4.34. The first-order valence-corrected chi connectivity index (χ1v) is 5.96. The maximum Gasteiger partial charge on any atom is 0.200 e. The number of Topliss-reactive ketones (excluding diaryl/α,β-unsaturated/α-hetero) is 1. The zero-order valence-corrected chi connectivity index (χ0v) is 9.52. The molecule has 2 heterocycles. The van der Waals surface area contributed by atoms with Crippen molar-refractivity contribution < 1.29 is 13.9 Å². The summed E-state index contributed by atoms with van der Waals surface area (Å²) < 4.78 is 11.0. The van der Waals surface area contributed by atoms with Gasteiger partial charge in [0.25, 0.3) is 0 Å². The highest BCUT2D eigenvalue weighted by Gasteiger charge is 2.21. The van der Waals surface area contributed by atoms with Crippen LogP contribution in [0.4, 0.5) is 0 Å². The van der Waals surface area contributed by atoms with Crippen LogP contribution in [0.5, 0.6) is 0 Å². The first kappa shape index (κ1) is 10.5. The van der Waals surface area contributed by atoms with E-state index in [-0.39, 0.29) is 11.9 Å². The third-order valence-corrected chi connectivity index (χ3v) is 3.14. The summed E-state index contributed by atoms with van der Waals surface area (Å²) in [5, 5.41) is 0.975. The minimum atomic E-state index is 0.0353. The Kier molecular flexibility index (Phi) is 2.69. The van der Waals surface area contributed by atoms with Gasteiger partial charge in [0.05, 0.1) is 6.10 Å². The standard InChI is InChI=1S/C14H14O3/c15-12(9-11-5-3-7-16-11)14-8-10-4-1-2-6-13(10)17-14/h1-2,4,6,8,11H,3,5,7,9H2. The van der Waals surface area contributed by atoms with Crippen LogP contribution in [0.1, 0.15) is 29.8 Å². The molecule has 0 radical (unpaired) electrons. The van der Waals surface area contributed by atoms with E-state index in [1.807, 2.05) is 30.3 Å². The van der Waals surface area contributed by atoms with E-state index in [9.17, 15) is 4.79 Å². The fourth-order valence-corrected chi connectivity index (χ4v) is 2.23. The molecule has 1 saturated heterocycles. The highest BCUT2D eigenvalue weighted by atomic mass is 16.5. The van der Waals surface area contributed by atoms with Crippen molar-refractivity contribution in [3.8, 4) is 0 Å². The van der Waals surface area contributed by atoms with Crippen molar-refractivity contribution in [3.05, 3.63) is 36.1 Å². The highest BCUT2D eigenvalue weighted by Crippen LogP contribution is 2.22. The molecule has 0 spiro atoms. The summed E-state index contributed by atoms with van der Waals surface area (Å²) in [6, 6.07) is 9.47. The molecule has 1 unspecified atom stereocenters. The van der Waals surface area contributed by atoms with E-state index in [4.69, 9.17) is 9.15 Å². The Morgan fingerprint density at radius 1 is 1.35 bits per heavy atom. The molecule has 0 amide bonds. The van der Waals surface area contributed by atoms with Crippen LogP contribution < -0.4 is 0 Å². The van der Waals surface area contributed by atoms with Crippen LogP contribution in [-0.2, 0) is 4.74 Å². The molecule has 1 aromatic carbocycles. The van der Waals surface area contributed by atoms with Gasteiger partial charge in [0.2, 0.25) is 5.78 Å². The van der Waals surface area contributed by atoms with E-state index in [0.717, 1.165) is 30.4 Å². The molecule has 17 heavy (non-hydrogen) atoms. The van der Waals surface area contributed by atoms with E-state index < -0.39 is 0 Å². The lowest BCUT2D eigenvalue weighted by atomic mass is 10.1. The molecule has 1 aliphatic heterocycles. The molecule has 0 bridgehead atoms. The Morgan fingerprint density at radius 2 is 2.24 bits per heavy atom. The molecule has 3 rings (SSSR count). The van der Waals surface area contributed by atoms with E-state index in [2.05, 4.69) is 0 Å². The Bertz CT molecular complexity index is 502. The lowest BCUT2D eigenvalue weighted by molar-refractivity contribution is 0.0755. The smallest absolute Gasteiger partial charge is 0.200 e. The lowest BCUT2D eigenvalue weighted by Crippen LogP contribution is -2.11. The minimum Gasteiger partial charge on any atom is -0.453 e. The summed E-state index contributed by atoms with van der Waals surface area (Å²) in [7, 11) is 0. The summed E-state index contributed by atoms with van der Waals surface area (Å²) in [4.78, 5) is 12.0. The Hall–Kier alpha value is -1.61. The molecule has 2 aromatic rings. The van der Waals surface area contributed by atoms with Gasteiger partial charge in [-0.05, 0) is 25.0 Å². The van der Waals surface area contributed by atoms with Crippen molar-refractivity contribution in [2.75, 3.05) is 6.61 Å². The summed E-state index contributed by atoms with van der Waals surface area (Å²) in [6.45, 7) is 0.776. The first-order chi connectivity index (χ1) is 8.33. The van der Waals surface area contributed by atoms with Crippen molar-refractivity contribution in [2.45, 2.75) is 25.4 Å². The number of benzene rings is 1. The molecule has 1 atom stereocenters.